The van der Waals surface area contributed by atoms with Gasteiger partial charge in [-0.2, -0.15) is 0 Å². The molecule has 0 fully saturated rings. The Morgan fingerprint density at radius 2 is 1.89 bits per heavy atom. The highest BCUT2D eigenvalue weighted by molar-refractivity contribution is 9.10. The Balaban J connectivity index is 2.03. The summed E-state index contributed by atoms with van der Waals surface area (Å²) in [5, 5.41) is 9.61. The monoisotopic (exact) mass is 321 g/mol. The third kappa shape index (κ3) is 3.48. The molecule has 98 valence electrons. The number of phenolic OH excluding ortho intramolecular Hbond substituents is 1. The number of aromatic hydroxyl groups is 1. The van der Waals surface area contributed by atoms with Crippen LogP contribution in [0.2, 0.25) is 0 Å². The molecule has 0 aromatic heterocycles. The van der Waals surface area contributed by atoms with E-state index in [-0.39, 0.29) is 17.9 Å². The van der Waals surface area contributed by atoms with Gasteiger partial charge in [0.05, 0.1) is 0 Å². The van der Waals surface area contributed by atoms with Gasteiger partial charge in [-0.15, -0.1) is 0 Å². The molecule has 2 aromatic carbocycles. The van der Waals surface area contributed by atoms with Gasteiger partial charge in [-0.05, 0) is 29.8 Å². The van der Waals surface area contributed by atoms with Crippen LogP contribution in [0.15, 0.2) is 46.9 Å². The van der Waals surface area contributed by atoms with Gasteiger partial charge in [-0.1, -0.05) is 28.1 Å². The van der Waals surface area contributed by atoms with Gasteiger partial charge in [0.2, 0.25) is 0 Å². The van der Waals surface area contributed by atoms with Gasteiger partial charge >= 0.3 is 5.97 Å². The van der Waals surface area contributed by atoms with Crippen molar-refractivity contribution in [2.45, 2.75) is 6.61 Å². The minimum absolute atomic E-state index is 0.103. The fourth-order valence-electron chi connectivity index (χ4n) is 1.53. The van der Waals surface area contributed by atoms with E-state index >= 15 is 0 Å². The molecule has 0 saturated carbocycles. The predicted molar refractivity (Wildman–Crippen MR) is 75.8 cm³/mol. The molecule has 0 spiro atoms. The summed E-state index contributed by atoms with van der Waals surface area (Å²) < 4.78 is 6.08. The van der Waals surface area contributed by atoms with E-state index in [9.17, 15) is 9.90 Å². The Morgan fingerprint density at radius 3 is 2.53 bits per heavy atom. The largest absolute Gasteiger partial charge is 0.507 e. The number of hydrogen-bond donors (Lipinski definition) is 2. The van der Waals surface area contributed by atoms with Crippen LogP contribution >= 0.6 is 15.9 Å². The Hall–Kier alpha value is -2.01. The molecule has 0 saturated heterocycles. The number of esters is 1. The second-order valence-corrected chi connectivity index (χ2v) is 4.89. The molecule has 0 heterocycles. The maximum atomic E-state index is 11.8. The molecule has 0 bridgehead atoms. The minimum Gasteiger partial charge on any atom is -0.507 e. The molecule has 0 aliphatic rings. The number of ether oxygens (including phenoxy) is 1. The van der Waals surface area contributed by atoms with Crippen molar-refractivity contribution in [1.29, 1.82) is 0 Å². The van der Waals surface area contributed by atoms with Crippen molar-refractivity contribution in [1.82, 2.24) is 0 Å². The zero-order valence-corrected chi connectivity index (χ0v) is 11.6. The molecule has 0 aliphatic heterocycles. The number of phenols is 1. The van der Waals surface area contributed by atoms with Crippen LogP contribution in [-0.2, 0) is 11.3 Å². The minimum atomic E-state index is -0.583. The zero-order chi connectivity index (χ0) is 13.8. The molecular weight excluding hydrogens is 310 g/mol. The van der Waals surface area contributed by atoms with E-state index in [1.807, 2.05) is 24.3 Å². The van der Waals surface area contributed by atoms with Crippen LogP contribution < -0.4 is 5.73 Å². The van der Waals surface area contributed by atoms with Gasteiger partial charge in [0.25, 0.3) is 0 Å². The summed E-state index contributed by atoms with van der Waals surface area (Å²) in [5.41, 5.74) is 6.85. The SMILES string of the molecule is Nc1ccc(C(=O)OCc2ccc(Br)cc2)c(O)c1. The highest BCUT2D eigenvalue weighted by atomic mass is 79.9. The third-order valence-corrected chi connectivity index (χ3v) is 3.05. The summed E-state index contributed by atoms with van der Waals surface area (Å²) in [4.78, 5) is 11.8. The first-order valence-electron chi connectivity index (χ1n) is 5.56. The lowest BCUT2D eigenvalue weighted by Crippen LogP contribution is -2.05. The average molecular weight is 322 g/mol. The van der Waals surface area contributed by atoms with Crippen LogP contribution in [0.1, 0.15) is 15.9 Å². The lowest BCUT2D eigenvalue weighted by molar-refractivity contribution is 0.0469. The second kappa shape index (κ2) is 5.75. The molecule has 5 heteroatoms. The number of nitrogen functional groups attached to an aromatic ring is 1. The van der Waals surface area contributed by atoms with Gasteiger partial charge in [0.15, 0.2) is 0 Å². The molecule has 4 nitrogen and oxygen atoms in total. The van der Waals surface area contributed by atoms with E-state index in [2.05, 4.69) is 15.9 Å². The van der Waals surface area contributed by atoms with Crippen molar-refractivity contribution in [2.24, 2.45) is 0 Å². The number of carbonyl (C=O) groups excluding carboxylic acids is 1. The van der Waals surface area contributed by atoms with Gasteiger partial charge in [-0.3, -0.25) is 0 Å². The number of carbonyl (C=O) groups is 1. The highest BCUT2D eigenvalue weighted by Crippen LogP contribution is 2.21. The number of anilines is 1. The molecular formula is C14H12BrNO3. The summed E-state index contributed by atoms with van der Waals surface area (Å²) in [6.45, 7) is 0.149. The fourth-order valence-corrected chi connectivity index (χ4v) is 1.79. The van der Waals surface area contributed by atoms with Gasteiger partial charge < -0.3 is 15.6 Å². The summed E-state index contributed by atoms with van der Waals surface area (Å²) in [6.07, 6.45) is 0. The van der Waals surface area contributed by atoms with Gasteiger partial charge in [-0.25, -0.2) is 4.79 Å². The van der Waals surface area contributed by atoms with E-state index < -0.39 is 5.97 Å². The standard InChI is InChI=1S/C14H12BrNO3/c15-10-3-1-9(2-4-10)8-19-14(18)12-6-5-11(16)7-13(12)17/h1-7,17H,8,16H2. The number of benzene rings is 2. The van der Waals surface area contributed by atoms with Crippen LogP contribution in [0.5, 0.6) is 5.75 Å². The summed E-state index contributed by atoms with van der Waals surface area (Å²) in [6, 6.07) is 11.7. The van der Waals surface area contributed by atoms with E-state index in [1.165, 1.54) is 18.2 Å². The number of hydrogen-bond acceptors (Lipinski definition) is 4. The van der Waals surface area contributed by atoms with Crippen molar-refractivity contribution in [3.8, 4) is 5.75 Å². The summed E-state index contributed by atoms with van der Waals surface area (Å²) in [5.74, 6) is -0.763. The van der Waals surface area contributed by atoms with E-state index in [0.29, 0.717) is 5.69 Å². The topological polar surface area (TPSA) is 72.6 Å². The van der Waals surface area contributed by atoms with Crippen molar-refractivity contribution in [3.63, 3.8) is 0 Å². The lowest BCUT2D eigenvalue weighted by Gasteiger charge is -2.07. The first-order chi connectivity index (χ1) is 9.06. The maximum Gasteiger partial charge on any atom is 0.342 e. The fraction of sp³-hybridized carbons (Fsp3) is 0.0714. The third-order valence-electron chi connectivity index (χ3n) is 2.52. The molecule has 0 radical (unpaired) electrons. The van der Waals surface area contributed by atoms with Crippen molar-refractivity contribution >= 4 is 27.6 Å². The average Bonchev–Trinajstić information content (AvgIpc) is 2.37. The van der Waals surface area contributed by atoms with Crippen LogP contribution in [0.4, 0.5) is 5.69 Å². The first kappa shape index (κ1) is 13.4. The van der Waals surface area contributed by atoms with Gasteiger partial charge in [0.1, 0.15) is 17.9 Å². The quantitative estimate of drug-likeness (QED) is 0.673. The predicted octanol–water partition coefficient (Wildman–Crippen LogP) is 3.09. The number of halogens is 1. The van der Waals surface area contributed by atoms with Crippen LogP contribution in [0.25, 0.3) is 0 Å². The highest BCUT2D eigenvalue weighted by Gasteiger charge is 2.12. The molecule has 0 unspecified atom stereocenters. The molecule has 2 rings (SSSR count). The Bertz CT molecular complexity index is 596. The van der Waals surface area contributed by atoms with E-state index in [4.69, 9.17) is 10.5 Å². The van der Waals surface area contributed by atoms with Crippen molar-refractivity contribution < 1.29 is 14.6 Å². The van der Waals surface area contributed by atoms with Crippen LogP contribution in [0.3, 0.4) is 0 Å². The van der Waals surface area contributed by atoms with Crippen LogP contribution in [-0.4, -0.2) is 11.1 Å². The maximum absolute atomic E-state index is 11.8. The molecule has 0 amide bonds. The zero-order valence-electron chi connectivity index (χ0n) is 9.97. The number of rotatable bonds is 3. The lowest BCUT2D eigenvalue weighted by atomic mass is 10.2. The Morgan fingerprint density at radius 1 is 1.21 bits per heavy atom. The molecule has 2 aromatic rings. The van der Waals surface area contributed by atoms with E-state index in [1.54, 1.807) is 0 Å². The van der Waals surface area contributed by atoms with Crippen LogP contribution in [0, 0.1) is 0 Å². The Labute approximate surface area is 118 Å². The first-order valence-corrected chi connectivity index (χ1v) is 6.35. The van der Waals surface area contributed by atoms with Gasteiger partial charge in [0, 0.05) is 16.2 Å². The normalized spacial score (nSPS) is 10.2. The smallest absolute Gasteiger partial charge is 0.342 e. The molecule has 3 N–H and O–H groups in total. The number of nitrogens with two attached hydrogens (primary N) is 1. The molecule has 0 atom stereocenters. The second-order valence-electron chi connectivity index (χ2n) is 3.98. The summed E-state index contributed by atoms with van der Waals surface area (Å²) in [7, 11) is 0. The molecule has 19 heavy (non-hydrogen) atoms. The Kier molecular flexibility index (Phi) is 4.06. The van der Waals surface area contributed by atoms with Crippen molar-refractivity contribution in [3.05, 3.63) is 58.1 Å². The summed E-state index contributed by atoms with van der Waals surface area (Å²) >= 11 is 3.33. The van der Waals surface area contributed by atoms with Crippen molar-refractivity contribution in [2.75, 3.05) is 5.73 Å². The van der Waals surface area contributed by atoms with E-state index in [0.717, 1.165) is 10.0 Å². The molecule has 0 aliphatic carbocycles.